The highest BCUT2D eigenvalue weighted by Crippen LogP contribution is 2.44. The summed E-state index contributed by atoms with van der Waals surface area (Å²) in [4.78, 5) is 54.8. The zero-order valence-electron chi connectivity index (χ0n) is 25.9. The molecule has 0 bridgehead atoms. The largest absolute Gasteiger partial charge is 0.489 e. The zero-order chi connectivity index (χ0) is 32.6. The van der Waals surface area contributed by atoms with Crippen molar-refractivity contribution in [2.45, 2.75) is 88.4 Å². The van der Waals surface area contributed by atoms with Gasteiger partial charge in [0.05, 0.1) is 13.3 Å². The van der Waals surface area contributed by atoms with E-state index in [0.29, 0.717) is 61.8 Å². The Labute approximate surface area is 266 Å². The summed E-state index contributed by atoms with van der Waals surface area (Å²) in [6.45, 7) is 0.930. The van der Waals surface area contributed by atoms with E-state index in [2.05, 4.69) is 5.32 Å². The minimum absolute atomic E-state index is 0.0312. The van der Waals surface area contributed by atoms with Crippen molar-refractivity contribution in [1.82, 2.24) is 20.0 Å². The highest BCUT2D eigenvalue weighted by Gasteiger charge is 2.54. The summed E-state index contributed by atoms with van der Waals surface area (Å²) in [5, 5.41) is 2.29. The Morgan fingerprint density at radius 3 is 2.39 bits per heavy atom. The van der Waals surface area contributed by atoms with Gasteiger partial charge in [0.1, 0.15) is 23.9 Å². The molecule has 252 valence electrons. The van der Waals surface area contributed by atoms with Crippen molar-refractivity contribution >= 4 is 23.6 Å². The van der Waals surface area contributed by atoms with E-state index in [4.69, 9.17) is 4.74 Å². The van der Waals surface area contributed by atoms with Gasteiger partial charge in [0, 0.05) is 57.0 Å². The number of amides is 4. The second-order valence-corrected chi connectivity index (χ2v) is 13.5. The Hall–Kier alpha value is -3.22. The Morgan fingerprint density at radius 1 is 1.00 bits per heavy atom. The van der Waals surface area contributed by atoms with Crippen LogP contribution in [0.4, 0.5) is 17.6 Å². The lowest BCUT2D eigenvalue weighted by Gasteiger charge is -2.53. The molecule has 1 unspecified atom stereocenters. The van der Waals surface area contributed by atoms with Gasteiger partial charge in [-0.1, -0.05) is 0 Å². The molecule has 3 saturated heterocycles. The molecular weight excluding hydrogens is 608 g/mol. The number of carbonyl (C=O) groups is 4. The molecule has 9 nitrogen and oxygen atoms in total. The first-order valence-corrected chi connectivity index (χ1v) is 16.6. The first-order valence-electron chi connectivity index (χ1n) is 16.6. The van der Waals surface area contributed by atoms with Crippen LogP contribution in [-0.4, -0.2) is 102 Å². The van der Waals surface area contributed by atoms with Gasteiger partial charge in [0.25, 0.3) is 11.8 Å². The van der Waals surface area contributed by atoms with Gasteiger partial charge in [-0.25, -0.2) is 8.78 Å². The van der Waals surface area contributed by atoms with E-state index in [1.54, 1.807) is 23.1 Å². The predicted octanol–water partition coefficient (Wildman–Crippen LogP) is 3.89. The molecule has 1 aromatic rings. The fourth-order valence-corrected chi connectivity index (χ4v) is 8.12. The summed E-state index contributed by atoms with van der Waals surface area (Å²) in [5.41, 5.74) is 1.09. The lowest BCUT2D eigenvalue weighted by atomic mass is 9.76. The summed E-state index contributed by atoms with van der Waals surface area (Å²) in [7, 11) is 0. The monoisotopic (exact) mass is 650 g/mol. The van der Waals surface area contributed by atoms with E-state index < -0.39 is 49.3 Å². The van der Waals surface area contributed by atoms with Crippen molar-refractivity contribution in [2.24, 2.45) is 17.8 Å². The fourth-order valence-electron chi connectivity index (χ4n) is 8.12. The van der Waals surface area contributed by atoms with Crippen LogP contribution in [0.3, 0.4) is 0 Å². The second kappa shape index (κ2) is 13.5. The molecule has 13 heteroatoms. The summed E-state index contributed by atoms with van der Waals surface area (Å²) >= 11 is 0. The molecule has 0 spiro atoms. The molecule has 1 saturated carbocycles. The Morgan fingerprint density at radius 2 is 1.72 bits per heavy atom. The van der Waals surface area contributed by atoms with Crippen LogP contribution in [0, 0.1) is 17.8 Å². The Kier molecular flexibility index (Phi) is 9.59. The smallest absolute Gasteiger partial charge is 0.266 e. The molecule has 4 amide bonds. The Bertz CT molecular complexity index is 1330. The standard InChI is InChI=1S/C33H42F4N4O5/c34-12-7-21(8-13-35)31(44)39-14-9-20(10-15-39)23-17-40(18-23)29-27(2-1-11-33(29,36)37)46-24-3-4-25-22(16-24)19-41(32(25)45)26-5-6-28(42)38-30(26)43/h3-4,16,20-21,23,26-27,29H,1-2,5-15,17-19H2,(H,38,42,43)/t26?,27-,29-/m0/s1. The van der Waals surface area contributed by atoms with E-state index in [-0.39, 0.29) is 62.3 Å². The number of nitrogens with one attached hydrogen (secondary N) is 1. The third kappa shape index (κ3) is 6.48. The van der Waals surface area contributed by atoms with Gasteiger partial charge in [-0.15, -0.1) is 0 Å². The SMILES string of the molecule is O=C1CCC(N2Cc3cc(O[C@H]4CCCC(F)(F)[C@H]4N4CC(C5CCN(C(=O)C(CCF)CCF)CC5)C4)ccc3C2=O)C(=O)N1. The maximum atomic E-state index is 15.5. The molecule has 1 aromatic carbocycles. The van der Waals surface area contributed by atoms with Gasteiger partial charge >= 0.3 is 0 Å². The van der Waals surface area contributed by atoms with Crippen LogP contribution >= 0.6 is 0 Å². The van der Waals surface area contributed by atoms with Gasteiger partial charge < -0.3 is 14.5 Å². The van der Waals surface area contributed by atoms with E-state index in [1.807, 2.05) is 4.90 Å². The first-order chi connectivity index (χ1) is 22.1. The molecule has 46 heavy (non-hydrogen) atoms. The number of carbonyl (C=O) groups excluding carboxylic acids is 4. The molecule has 6 rings (SSSR count). The predicted molar refractivity (Wildman–Crippen MR) is 159 cm³/mol. The van der Waals surface area contributed by atoms with Crippen molar-refractivity contribution in [3.8, 4) is 5.75 Å². The normalized spacial score (nSPS) is 27.5. The van der Waals surface area contributed by atoms with Crippen molar-refractivity contribution in [3.63, 3.8) is 0 Å². The van der Waals surface area contributed by atoms with Crippen LogP contribution in [0.1, 0.15) is 73.7 Å². The molecule has 4 heterocycles. The number of fused-ring (bicyclic) bond motifs is 1. The molecule has 1 aliphatic carbocycles. The molecule has 0 aromatic heterocycles. The average molecular weight is 651 g/mol. The molecule has 4 aliphatic heterocycles. The molecule has 5 aliphatic rings. The number of rotatable bonds is 10. The molecule has 1 N–H and O–H groups in total. The minimum atomic E-state index is -2.93. The lowest BCUT2D eigenvalue weighted by molar-refractivity contribution is -0.173. The number of halogens is 4. The van der Waals surface area contributed by atoms with Crippen molar-refractivity contribution in [2.75, 3.05) is 39.5 Å². The molecule has 4 fully saturated rings. The maximum Gasteiger partial charge on any atom is 0.266 e. The summed E-state index contributed by atoms with van der Waals surface area (Å²) in [5.74, 6) is -3.99. The number of hydrogen-bond acceptors (Lipinski definition) is 6. The van der Waals surface area contributed by atoms with Gasteiger partial charge in [-0.2, -0.15) is 0 Å². The lowest BCUT2D eigenvalue weighted by Crippen LogP contribution is -2.66. The van der Waals surface area contributed by atoms with Gasteiger partial charge in [-0.3, -0.25) is 38.2 Å². The number of imide groups is 1. The van der Waals surface area contributed by atoms with Crippen LogP contribution < -0.4 is 10.1 Å². The summed E-state index contributed by atoms with van der Waals surface area (Å²) in [6.07, 6.45) is 1.80. The quantitative estimate of drug-likeness (QED) is 0.305. The number of likely N-dealkylation sites (tertiary alicyclic amines) is 2. The van der Waals surface area contributed by atoms with Crippen molar-refractivity contribution in [1.29, 1.82) is 0 Å². The molecular formula is C33H42F4N4O5. The number of nitrogens with zero attached hydrogens (tertiary/aromatic N) is 3. The van der Waals surface area contributed by atoms with Crippen molar-refractivity contribution in [3.05, 3.63) is 29.3 Å². The van der Waals surface area contributed by atoms with E-state index in [9.17, 15) is 28.0 Å². The fraction of sp³-hybridized carbons (Fsp3) is 0.697. The third-order valence-electron chi connectivity index (χ3n) is 10.7. The van der Waals surface area contributed by atoms with Crippen LogP contribution in [-0.2, 0) is 20.9 Å². The van der Waals surface area contributed by atoms with E-state index in [1.165, 1.54) is 4.90 Å². The van der Waals surface area contributed by atoms with Crippen LogP contribution in [0.2, 0.25) is 0 Å². The van der Waals surface area contributed by atoms with Gasteiger partial charge in [0.15, 0.2) is 0 Å². The maximum absolute atomic E-state index is 15.5. The molecule has 3 atom stereocenters. The number of piperidine rings is 2. The number of ether oxygens (including phenoxy) is 1. The number of alkyl halides is 4. The Balaban J connectivity index is 1.06. The van der Waals surface area contributed by atoms with Gasteiger partial charge in [0.2, 0.25) is 17.7 Å². The van der Waals surface area contributed by atoms with Crippen LogP contribution in [0.25, 0.3) is 0 Å². The number of benzene rings is 1. The van der Waals surface area contributed by atoms with E-state index >= 15 is 8.78 Å². The van der Waals surface area contributed by atoms with Crippen LogP contribution in [0.5, 0.6) is 5.75 Å². The van der Waals surface area contributed by atoms with E-state index in [0.717, 1.165) is 12.8 Å². The highest BCUT2D eigenvalue weighted by atomic mass is 19.3. The second-order valence-electron chi connectivity index (χ2n) is 13.5. The topological polar surface area (TPSA) is 99.3 Å². The number of hydrogen-bond donors (Lipinski definition) is 1. The first kappa shape index (κ1) is 32.7. The van der Waals surface area contributed by atoms with Gasteiger partial charge in [-0.05, 0) is 80.5 Å². The van der Waals surface area contributed by atoms with Crippen LogP contribution in [0.15, 0.2) is 18.2 Å². The minimum Gasteiger partial charge on any atom is -0.489 e. The average Bonchev–Trinajstić information content (AvgIpc) is 3.32. The zero-order valence-corrected chi connectivity index (χ0v) is 25.9. The summed E-state index contributed by atoms with van der Waals surface area (Å²) < 4.78 is 62.9. The third-order valence-corrected chi connectivity index (χ3v) is 10.7. The van der Waals surface area contributed by atoms with Crippen molar-refractivity contribution < 1.29 is 41.5 Å². The summed E-state index contributed by atoms with van der Waals surface area (Å²) in [6, 6.07) is 3.10. The highest BCUT2D eigenvalue weighted by molar-refractivity contribution is 6.05. The molecule has 0 radical (unpaired) electrons.